The predicted molar refractivity (Wildman–Crippen MR) is 95.1 cm³/mol. The third kappa shape index (κ3) is 5.62. The topological polar surface area (TPSA) is 67.6 Å². The minimum Gasteiger partial charge on any atom is -0.374 e. The molecule has 1 heterocycles. The van der Waals surface area contributed by atoms with Crippen molar-refractivity contribution in [3.8, 4) is 0 Å². The van der Waals surface area contributed by atoms with E-state index in [0.717, 1.165) is 32.5 Å². The van der Waals surface area contributed by atoms with Crippen molar-refractivity contribution in [2.45, 2.75) is 31.0 Å². The molecule has 1 saturated heterocycles. The van der Waals surface area contributed by atoms with Crippen LogP contribution in [0.3, 0.4) is 0 Å². The van der Waals surface area contributed by atoms with Crippen molar-refractivity contribution in [1.29, 1.82) is 0 Å². The van der Waals surface area contributed by atoms with E-state index >= 15 is 0 Å². The summed E-state index contributed by atoms with van der Waals surface area (Å²) in [7, 11) is 0. The van der Waals surface area contributed by atoms with Crippen LogP contribution in [0.25, 0.3) is 0 Å². The molecule has 1 aliphatic heterocycles. The van der Waals surface area contributed by atoms with E-state index in [1.54, 1.807) is 0 Å². The number of nitrogens with two attached hydrogens (primary N) is 1. The van der Waals surface area contributed by atoms with Gasteiger partial charge in [0.2, 0.25) is 5.91 Å². The molecule has 1 atom stereocenters. The highest BCUT2D eigenvalue weighted by molar-refractivity contribution is 5.88. The molecule has 130 valence electrons. The third-order valence-electron chi connectivity index (χ3n) is 4.20. The third-order valence-corrected chi connectivity index (χ3v) is 4.20. The van der Waals surface area contributed by atoms with E-state index in [2.05, 4.69) is 34.5 Å². The Morgan fingerprint density at radius 1 is 1.30 bits per heavy atom. The predicted octanol–water partition coefficient (Wildman–Crippen LogP) is 1.34. The number of hydrogen-bond acceptors (Lipinski definition) is 4. The lowest BCUT2D eigenvalue weighted by Crippen LogP contribution is -2.50. The molecule has 1 unspecified atom stereocenters. The molecule has 0 radical (unpaired) electrons. The summed E-state index contributed by atoms with van der Waals surface area (Å²) in [6.45, 7) is 3.95. The fourth-order valence-electron chi connectivity index (χ4n) is 2.63. The van der Waals surface area contributed by atoms with Gasteiger partial charge in [-0.25, -0.2) is 0 Å². The summed E-state index contributed by atoms with van der Waals surface area (Å²) in [5, 5.41) is 2.92. The molecule has 5 nitrogen and oxygen atoms in total. The summed E-state index contributed by atoms with van der Waals surface area (Å²) >= 11 is 0. The van der Waals surface area contributed by atoms with E-state index in [1.807, 2.05) is 6.07 Å². The van der Waals surface area contributed by atoms with E-state index < -0.39 is 5.54 Å². The highest BCUT2D eigenvalue weighted by Crippen LogP contribution is 2.32. The molecule has 3 rings (SSSR count). The van der Waals surface area contributed by atoms with Gasteiger partial charge in [0.25, 0.3) is 0 Å². The van der Waals surface area contributed by atoms with Crippen molar-refractivity contribution in [3.63, 3.8) is 0 Å². The Kier molecular flexibility index (Phi) is 7.77. The van der Waals surface area contributed by atoms with E-state index in [4.69, 9.17) is 10.5 Å². The Morgan fingerprint density at radius 3 is 2.65 bits per heavy atom. The number of ether oxygens (including phenoxy) is 1. The van der Waals surface area contributed by atoms with Crippen molar-refractivity contribution in [3.05, 3.63) is 35.9 Å². The molecule has 2 fully saturated rings. The maximum absolute atomic E-state index is 11.8. The van der Waals surface area contributed by atoms with Crippen molar-refractivity contribution in [2.75, 3.05) is 26.2 Å². The van der Waals surface area contributed by atoms with Crippen LogP contribution in [0.2, 0.25) is 0 Å². The lowest BCUT2D eigenvalue weighted by molar-refractivity contribution is -0.124. The lowest BCUT2D eigenvalue weighted by Gasteiger charge is -2.33. The first kappa shape index (κ1) is 20.2. The number of carbonyl (C=O) groups is 1. The van der Waals surface area contributed by atoms with Crippen LogP contribution in [0.1, 0.15) is 18.4 Å². The fourth-order valence-corrected chi connectivity index (χ4v) is 2.63. The van der Waals surface area contributed by atoms with Gasteiger partial charge in [0, 0.05) is 26.2 Å². The van der Waals surface area contributed by atoms with Crippen LogP contribution in [0.15, 0.2) is 30.3 Å². The van der Waals surface area contributed by atoms with Gasteiger partial charge in [-0.3, -0.25) is 9.69 Å². The number of carbonyl (C=O) groups excluding carboxylic acids is 1. The van der Waals surface area contributed by atoms with Gasteiger partial charge in [0.1, 0.15) is 0 Å². The first-order valence-corrected chi connectivity index (χ1v) is 7.61. The molecule has 3 N–H and O–H groups in total. The molecular formula is C16H25Cl2N3O2. The van der Waals surface area contributed by atoms with E-state index in [9.17, 15) is 4.79 Å². The van der Waals surface area contributed by atoms with Crippen molar-refractivity contribution in [1.82, 2.24) is 10.2 Å². The van der Waals surface area contributed by atoms with E-state index in [0.29, 0.717) is 13.2 Å². The van der Waals surface area contributed by atoms with Gasteiger partial charge in [-0.05, 0) is 18.4 Å². The molecule has 0 aromatic heterocycles. The zero-order valence-electron chi connectivity index (χ0n) is 13.1. The summed E-state index contributed by atoms with van der Waals surface area (Å²) < 4.78 is 5.73. The summed E-state index contributed by atoms with van der Waals surface area (Å²) in [5.74, 6) is -0.0358. The summed E-state index contributed by atoms with van der Waals surface area (Å²) in [5.41, 5.74) is 6.58. The molecule has 2 aliphatic rings. The highest BCUT2D eigenvalue weighted by atomic mass is 35.5. The zero-order valence-corrected chi connectivity index (χ0v) is 14.7. The molecular weight excluding hydrogens is 337 g/mol. The number of rotatable bonds is 5. The minimum atomic E-state index is -0.599. The van der Waals surface area contributed by atoms with E-state index in [-0.39, 0.29) is 36.8 Å². The van der Waals surface area contributed by atoms with Gasteiger partial charge in [0.05, 0.1) is 18.2 Å². The number of nitrogens with one attached hydrogen (secondary N) is 1. The van der Waals surface area contributed by atoms with Crippen LogP contribution >= 0.6 is 24.8 Å². The maximum Gasteiger partial charge on any atom is 0.240 e. The van der Waals surface area contributed by atoms with Crippen molar-refractivity contribution >= 4 is 30.7 Å². The average molecular weight is 362 g/mol. The fraction of sp³-hybridized carbons (Fsp3) is 0.562. The second-order valence-corrected chi connectivity index (χ2v) is 6.08. The molecule has 1 aliphatic carbocycles. The molecule has 0 bridgehead atoms. The second kappa shape index (κ2) is 8.85. The quantitative estimate of drug-likeness (QED) is 0.830. The molecule has 1 saturated carbocycles. The van der Waals surface area contributed by atoms with Gasteiger partial charge < -0.3 is 15.8 Å². The Labute approximate surface area is 149 Å². The Hall–Kier alpha value is -0.850. The van der Waals surface area contributed by atoms with E-state index in [1.165, 1.54) is 5.56 Å². The van der Waals surface area contributed by atoms with Gasteiger partial charge in [-0.15, -0.1) is 24.8 Å². The number of benzene rings is 1. The molecule has 1 aromatic carbocycles. The summed E-state index contributed by atoms with van der Waals surface area (Å²) in [6, 6.07) is 10.4. The van der Waals surface area contributed by atoms with Crippen LogP contribution in [0.5, 0.6) is 0 Å². The second-order valence-electron chi connectivity index (χ2n) is 6.08. The maximum atomic E-state index is 11.8. The SMILES string of the molecule is Cl.Cl.NC1(C(=O)NCC2CN(Cc3ccccc3)CCO2)CC1. The van der Waals surface area contributed by atoms with Crippen LogP contribution in [0, 0.1) is 0 Å². The molecule has 23 heavy (non-hydrogen) atoms. The van der Waals surface area contributed by atoms with Gasteiger partial charge in [0.15, 0.2) is 0 Å². The molecule has 1 aromatic rings. The Morgan fingerprint density at radius 2 is 2.00 bits per heavy atom. The van der Waals surface area contributed by atoms with Crippen LogP contribution in [-0.4, -0.2) is 48.7 Å². The van der Waals surface area contributed by atoms with Crippen molar-refractivity contribution in [2.24, 2.45) is 5.73 Å². The van der Waals surface area contributed by atoms with Gasteiger partial charge in [-0.1, -0.05) is 30.3 Å². The summed E-state index contributed by atoms with van der Waals surface area (Å²) in [6.07, 6.45) is 1.64. The van der Waals surface area contributed by atoms with Crippen LogP contribution in [0.4, 0.5) is 0 Å². The summed E-state index contributed by atoms with van der Waals surface area (Å²) in [4.78, 5) is 14.2. The zero-order chi connectivity index (χ0) is 14.7. The number of halogens is 2. The standard InChI is InChI=1S/C16H23N3O2.2ClH/c17-16(6-7-16)15(20)18-10-14-12-19(8-9-21-14)11-13-4-2-1-3-5-13;;/h1-5,14H,6-12,17H2,(H,18,20);2*1H. The van der Waals surface area contributed by atoms with Gasteiger partial charge in [-0.2, -0.15) is 0 Å². The smallest absolute Gasteiger partial charge is 0.240 e. The molecule has 7 heteroatoms. The number of morpholine rings is 1. The largest absolute Gasteiger partial charge is 0.374 e. The van der Waals surface area contributed by atoms with Crippen LogP contribution < -0.4 is 11.1 Å². The Balaban J connectivity index is 0.00000132. The lowest BCUT2D eigenvalue weighted by atomic mass is 10.2. The monoisotopic (exact) mass is 361 g/mol. The number of hydrogen-bond donors (Lipinski definition) is 2. The van der Waals surface area contributed by atoms with Crippen molar-refractivity contribution < 1.29 is 9.53 Å². The van der Waals surface area contributed by atoms with Crippen LogP contribution in [-0.2, 0) is 16.1 Å². The average Bonchev–Trinajstić information content (AvgIpc) is 3.25. The normalized spacial score (nSPS) is 22.4. The van der Waals surface area contributed by atoms with Gasteiger partial charge >= 0.3 is 0 Å². The minimum absolute atomic E-state index is 0. The highest BCUT2D eigenvalue weighted by Gasteiger charge is 2.45. The number of amides is 1. The first-order chi connectivity index (χ1) is 10.2. The molecule has 0 spiro atoms. The Bertz CT molecular complexity index is 497. The number of nitrogens with zero attached hydrogens (tertiary/aromatic N) is 1. The molecule has 1 amide bonds. The first-order valence-electron chi connectivity index (χ1n) is 7.61.